The molecule has 5 nitrogen and oxygen atoms in total. The average Bonchev–Trinajstić information content (AvgIpc) is 2.76. The first-order valence-corrected chi connectivity index (χ1v) is 7.36. The molecular formula is C16H23N3O2. The summed E-state index contributed by atoms with van der Waals surface area (Å²) in [6, 6.07) is 3.76. The van der Waals surface area contributed by atoms with E-state index in [4.69, 9.17) is 0 Å². The van der Waals surface area contributed by atoms with Gasteiger partial charge < -0.3 is 10.2 Å². The lowest BCUT2D eigenvalue weighted by Crippen LogP contribution is -2.37. The number of nitrogens with zero attached hydrogens (tertiary/aromatic N) is 2. The zero-order valence-electron chi connectivity index (χ0n) is 13.1. The molecule has 0 unspecified atom stereocenters. The maximum Gasteiger partial charge on any atom is 0.225 e. The highest BCUT2D eigenvalue weighted by molar-refractivity contribution is 5.89. The molecule has 1 saturated heterocycles. The summed E-state index contributed by atoms with van der Waals surface area (Å²) in [7, 11) is 1.73. The van der Waals surface area contributed by atoms with Crippen LogP contribution in [0.5, 0.6) is 0 Å². The monoisotopic (exact) mass is 289 g/mol. The number of likely N-dealkylation sites (tertiary alicyclic amines) is 1. The second kappa shape index (κ2) is 6.24. The van der Waals surface area contributed by atoms with Gasteiger partial charge in [0.1, 0.15) is 0 Å². The minimum atomic E-state index is -0.257. The highest BCUT2D eigenvalue weighted by Crippen LogP contribution is 2.24. The molecule has 1 N–H and O–H groups in total. The second-order valence-electron chi connectivity index (χ2n) is 6.11. The first-order chi connectivity index (χ1) is 9.90. The predicted octanol–water partition coefficient (Wildman–Crippen LogP) is 1.68. The largest absolute Gasteiger partial charge is 0.347 e. The Morgan fingerprint density at radius 1 is 1.48 bits per heavy atom. The van der Waals surface area contributed by atoms with Crippen molar-refractivity contribution in [2.24, 2.45) is 11.8 Å². The Labute approximate surface area is 125 Å². The Hall–Kier alpha value is -1.91. The number of carbonyl (C=O) groups excluding carboxylic acids is 2. The van der Waals surface area contributed by atoms with Crippen molar-refractivity contribution in [3.05, 3.63) is 29.6 Å². The molecule has 114 valence electrons. The molecule has 2 amide bonds. The highest BCUT2D eigenvalue weighted by atomic mass is 16.2. The standard InChI is InChI=1S/C16H23N3O2/c1-10(2)14(15-11(3)6-5-7-17-15)18-16(21)12-8-13(20)19(4)9-12/h5-7,10,12,14H,8-9H2,1-4H3,(H,18,21)/t12-,14+/m1/s1. The Morgan fingerprint density at radius 3 is 2.71 bits per heavy atom. The third-order valence-corrected chi connectivity index (χ3v) is 4.02. The zero-order valence-corrected chi connectivity index (χ0v) is 13.1. The summed E-state index contributed by atoms with van der Waals surface area (Å²) < 4.78 is 0. The van der Waals surface area contributed by atoms with Gasteiger partial charge in [0.2, 0.25) is 11.8 Å². The number of nitrogens with one attached hydrogen (secondary N) is 1. The van der Waals surface area contributed by atoms with Gasteiger partial charge in [0.25, 0.3) is 0 Å². The van der Waals surface area contributed by atoms with Gasteiger partial charge in [-0.2, -0.15) is 0 Å². The Bertz CT molecular complexity index is 542. The first kappa shape index (κ1) is 15.5. The van der Waals surface area contributed by atoms with Crippen molar-refractivity contribution in [1.82, 2.24) is 15.2 Å². The first-order valence-electron chi connectivity index (χ1n) is 7.36. The fourth-order valence-electron chi connectivity index (χ4n) is 2.68. The molecular weight excluding hydrogens is 266 g/mol. The van der Waals surface area contributed by atoms with Gasteiger partial charge in [-0.1, -0.05) is 19.9 Å². The van der Waals surface area contributed by atoms with Gasteiger partial charge >= 0.3 is 0 Å². The Morgan fingerprint density at radius 2 is 2.19 bits per heavy atom. The lowest BCUT2D eigenvalue weighted by atomic mass is 9.96. The quantitative estimate of drug-likeness (QED) is 0.917. The van der Waals surface area contributed by atoms with Crippen molar-refractivity contribution >= 4 is 11.8 Å². The van der Waals surface area contributed by atoms with Crippen molar-refractivity contribution in [1.29, 1.82) is 0 Å². The molecule has 0 saturated carbocycles. The minimum absolute atomic E-state index is 0.0327. The van der Waals surface area contributed by atoms with Gasteiger partial charge in [-0.15, -0.1) is 0 Å². The lowest BCUT2D eigenvalue weighted by molar-refractivity contribution is -0.128. The van der Waals surface area contributed by atoms with Crippen LogP contribution in [-0.4, -0.2) is 35.3 Å². The summed E-state index contributed by atoms with van der Waals surface area (Å²) in [6.07, 6.45) is 2.05. The summed E-state index contributed by atoms with van der Waals surface area (Å²) in [5.41, 5.74) is 1.97. The number of amides is 2. The normalized spacial score (nSPS) is 20.0. The van der Waals surface area contributed by atoms with Crippen LogP contribution in [0.3, 0.4) is 0 Å². The lowest BCUT2D eigenvalue weighted by Gasteiger charge is -2.24. The van der Waals surface area contributed by atoms with Crippen molar-refractivity contribution in [3.63, 3.8) is 0 Å². The number of aryl methyl sites for hydroxylation is 1. The van der Waals surface area contributed by atoms with E-state index in [-0.39, 0.29) is 29.7 Å². The fourth-order valence-corrected chi connectivity index (χ4v) is 2.68. The topological polar surface area (TPSA) is 62.3 Å². The summed E-state index contributed by atoms with van der Waals surface area (Å²) in [5, 5.41) is 3.08. The summed E-state index contributed by atoms with van der Waals surface area (Å²) in [5.74, 6) is -0.0492. The van der Waals surface area contributed by atoms with E-state index in [1.807, 2.05) is 19.1 Å². The molecule has 0 spiro atoms. The van der Waals surface area contributed by atoms with Crippen molar-refractivity contribution in [3.8, 4) is 0 Å². The van der Waals surface area contributed by atoms with Crippen LogP contribution < -0.4 is 5.32 Å². The number of carbonyl (C=O) groups is 2. The van der Waals surface area contributed by atoms with E-state index in [2.05, 4.69) is 24.1 Å². The van der Waals surface area contributed by atoms with E-state index < -0.39 is 0 Å². The van der Waals surface area contributed by atoms with Gasteiger partial charge in [0.15, 0.2) is 0 Å². The number of aromatic nitrogens is 1. The van der Waals surface area contributed by atoms with Gasteiger partial charge in [-0.05, 0) is 24.5 Å². The molecule has 0 bridgehead atoms. The molecule has 2 rings (SSSR count). The van der Waals surface area contributed by atoms with Crippen molar-refractivity contribution < 1.29 is 9.59 Å². The van der Waals surface area contributed by atoms with Crippen molar-refractivity contribution in [2.75, 3.05) is 13.6 Å². The highest BCUT2D eigenvalue weighted by Gasteiger charge is 2.34. The van der Waals surface area contributed by atoms with Crippen LogP contribution in [0.1, 0.15) is 37.6 Å². The molecule has 0 radical (unpaired) electrons. The molecule has 2 atom stereocenters. The van der Waals surface area contributed by atoms with E-state index in [1.54, 1.807) is 18.1 Å². The summed E-state index contributed by atoms with van der Waals surface area (Å²) in [6.45, 7) is 6.61. The third-order valence-electron chi connectivity index (χ3n) is 4.02. The minimum Gasteiger partial charge on any atom is -0.347 e. The molecule has 1 aromatic heterocycles. The van der Waals surface area contributed by atoms with Crippen LogP contribution in [0.2, 0.25) is 0 Å². The molecule has 0 aromatic carbocycles. The van der Waals surface area contributed by atoms with Gasteiger partial charge in [-0.3, -0.25) is 14.6 Å². The van der Waals surface area contributed by atoms with Crippen LogP contribution in [0.4, 0.5) is 0 Å². The summed E-state index contributed by atoms with van der Waals surface area (Å²) >= 11 is 0. The van der Waals surface area contributed by atoms with Crippen LogP contribution in [0, 0.1) is 18.8 Å². The predicted molar refractivity (Wildman–Crippen MR) is 80.4 cm³/mol. The van der Waals surface area contributed by atoms with E-state index in [0.717, 1.165) is 11.3 Å². The molecule has 1 aliphatic rings. The van der Waals surface area contributed by atoms with Crippen LogP contribution in [-0.2, 0) is 9.59 Å². The maximum absolute atomic E-state index is 12.4. The van der Waals surface area contributed by atoms with Crippen LogP contribution in [0.15, 0.2) is 18.3 Å². The van der Waals surface area contributed by atoms with Crippen LogP contribution >= 0.6 is 0 Å². The molecule has 1 aliphatic heterocycles. The zero-order chi connectivity index (χ0) is 15.6. The maximum atomic E-state index is 12.4. The number of rotatable bonds is 4. The van der Waals surface area contributed by atoms with E-state index in [9.17, 15) is 9.59 Å². The second-order valence-corrected chi connectivity index (χ2v) is 6.11. The van der Waals surface area contributed by atoms with E-state index in [1.165, 1.54) is 0 Å². The molecule has 21 heavy (non-hydrogen) atoms. The average molecular weight is 289 g/mol. The van der Waals surface area contributed by atoms with Crippen molar-refractivity contribution in [2.45, 2.75) is 33.2 Å². The molecule has 0 aliphatic carbocycles. The number of pyridine rings is 1. The Kier molecular flexibility index (Phi) is 4.60. The molecule has 2 heterocycles. The number of hydrogen-bond donors (Lipinski definition) is 1. The fraction of sp³-hybridized carbons (Fsp3) is 0.562. The van der Waals surface area contributed by atoms with Gasteiger partial charge in [0.05, 0.1) is 17.7 Å². The third kappa shape index (κ3) is 3.40. The Balaban J connectivity index is 2.13. The molecule has 1 aromatic rings. The molecule has 5 heteroatoms. The van der Waals surface area contributed by atoms with Crippen LogP contribution in [0.25, 0.3) is 0 Å². The molecule has 1 fully saturated rings. The van der Waals surface area contributed by atoms with Gasteiger partial charge in [0, 0.05) is 26.2 Å². The van der Waals surface area contributed by atoms with E-state index >= 15 is 0 Å². The summed E-state index contributed by atoms with van der Waals surface area (Å²) in [4.78, 5) is 30.0. The van der Waals surface area contributed by atoms with E-state index in [0.29, 0.717) is 13.0 Å². The van der Waals surface area contributed by atoms with Gasteiger partial charge in [-0.25, -0.2) is 0 Å². The SMILES string of the molecule is Cc1cccnc1[C@@H](NC(=O)[C@@H]1CC(=O)N(C)C1)C(C)C. The number of hydrogen-bond acceptors (Lipinski definition) is 3. The smallest absolute Gasteiger partial charge is 0.225 e.